The van der Waals surface area contributed by atoms with Gasteiger partial charge in [0.2, 0.25) is 5.91 Å². The number of piperidine rings is 1. The number of hydrogen-bond donors (Lipinski definition) is 1. The van der Waals surface area contributed by atoms with E-state index in [2.05, 4.69) is 26.7 Å². The molecule has 3 heterocycles. The van der Waals surface area contributed by atoms with Crippen molar-refractivity contribution in [2.75, 3.05) is 6.54 Å². The summed E-state index contributed by atoms with van der Waals surface area (Å²) in [5, 5.41) is 11.8. The standard InChI is InChI=1S/C18H25N5O2/c1-12-15(11-25-21-12)8-19-7-13-3-6-17(24)23(16-4-5-16)18(13)14-9-20-22(2)10-14/h9-11,13,16,18-19H,3-8H2,1-2H3/t13-,18+/m1/s1. The number of aromatic nitrogens is 3. The van der Waals surface area contributed by atoms with Crippen molar-refractivity contribution >= 4 is 5.91 Å². The summed E-state index contributed by atoms with van der Waals surface area (Å²) in [4.78, 5) is 14.7. The second-order valence-electron chi connectivity index (χ2n) is 7.28. The van der Waals surface area contributed by atoms with Crippen LogP contribution in [0.5, 0.6) is 0 Å². The number of aryl methyl sites for hydroxylation is 2. The van der Waals surface area contributed by atoms with E-state index in [1.807, 2.05) is 24.9 Å². The minimum atomic E-state index is 0.124. The van der Waals surface area contributed by atoms with Crippen LogP contribution in [0.15, 0.2) is 23.2 Å². The molecule has 1 N–H and O–H groups in total. The molecule has 0 radical (unpaired) electrons. The van der Waals surface area contributed by atoms with Crippen LogP contribution in [-0.2, 0) is 18.4 Å². The van der Waals surface area contributed by atoms with Gasteiger partial charge in [0, 0.05) is 49.9 Å². The molecule has 7 nitrogen and oxygen atoms in total. The minimum Gasteiger partial charge on any atom is -0.364 e. The van der Waals surface area contributed by atoms with Crippen LogP contribution >= 0.6 is 0 Å². The molecular formula is C18H25N5O2. The molecule has 1 saturated heterocycles. The third-order valence-electron chi connectivity index (χ3n) is 5.34. The van der Waals surface area contributed by atoms with Gasteiger partial charge in [0.05, 0.1) is 17.9 Å². The van der Waals surface area contributed by atoms with E-state index in [0.29, 0.717) is 24.3 Å². The Bertz CT molecular complexity index is 748. The number of nitrogens with zero attached hydrogens (tertiary/aromatic N) is 4. The predicted molar refractivity (Wildman–Crippen MR) is 91.5 cm³/mol. The third kappa shape index (κ3) is 3.33. The highest BCUT2D eigenvalue weighted by Gasteiger charge is 2.44. The van der Waals surface area contributed by atoms with Crippen molar-refractivity contribution in [1.82, 2.24) is 25.2 Å². The van der Waals surface area contributed by atoms with Gasteiger partial charge in [0.15, 0.2) is 0 Å². The van der Waals surface area contributed by atoms with Gasteiger partial charge in [0.25, 0.3) is 0 Å². The first-order chi connectivity index (χ1) is 12.1. The molecule has 1 aliphatic heterocycles. The Kier molecular flexibility index (Phi) is 4.33. The molecule has 0 spiro atoms. The van der Waals surface area contributed by atoms with Gasteiger partial charge in [-0.25, -0.2) is 0 Å². The quantitative estimate of drug-likeness (QED) is 0.867. The highest BCUT2D eigenvalue weighted by Crippen LogP contribution is 2.43. The van der Waals surface area contributed by atoms with Gasteiger partial charge in [-0.15, -0.1) is 0 Å². The molecule has 2 aliphatic rings. The second-order valence-corrected chi connectivity index (χ2v) is 7.28. The summed E-state index contributed by atoms with van der Waals surface area (Å²) in [7, 11) is 1.93. The van der Waals surface area contributed by atoms with Crippen molar-refractivity contribution in [3.8, 4) is 0 Å². The number of nitrogens with one attached hydrogen (secondary N) is 1. The second kappa shape index (κ2) is 6.63. The van der Waals surface area contributed by atoms with E-state index < -0.39 is 0 Å². The van der Waals surface area contributed by atoms with Crippen LogP contribution in [0.2, 0.25) is 0 Å². The summed E-state index contributed by atoms with van der Waals surface area (Å²) in [6, 6.07) is 0.541. The van der Waals surface area contributed by atoms with Crippen LogP contribution in [-0.4, -0.2) is 38.3 Å². The van der Waals surface area contributed by atoms with Crippen LogP contribution in [0, 0.1) is 12.8 Å². The molecule has 7 heteroatoms. The molecule has 1 saturated carbocycles. The van der Waals surface area contributed by atoms with Gasteiger partial charge >= 0.3 is 0 Å². The van der Waals surface area contributed by atoms with E-state index in [0.717, 1.165) is 49.2 Å². The summed E-state index contributed by atoms with van der Waals surface area (Å²) in [5.74, 6) is 0.685. The SMILES string of the molecule is Cc1nocc1CNC[C@H]1CCC(=O)N(C2CC2)[C@@H]1c1cnn(C)c1. The van der Waals surface area contributed by atoms with Crippen LogP contribution in [0.4, 0.5) is 0 Å². The fraction of sp³-hybridized carbons (Fsp3) is 0.611. The molecule has 134 valence electrons. The Hall–Kier alpha value is -2.15. The zero-order chi connectivity index (χ0) is 17.4. The zero-order valence-corrected chi connectivity index (χ0v) is 14.8. The van der Waals surface area contributed by atoms with Crippen molar-refractivity contribution in [2.24, 2.45) is 13.0 Å². The molecule has 2 aromatic heterocycles. The molecule has 0 bridgehead atoms. The van der Waals surface area contributed by atoms with Gasteiger partial charge in [-0.2, -0.15) is 5.10 Å². The maximum Gasteiger partial charge on any atom is 0.223 e. The average molecular weight is 343 g/mol. The smallest absolute Gasteiger partial charge is 0.223 e. The van der Waals surface area contributed by atoms with E-state index in [-0.39, 0.29) is 6.04 Å². The molecule has 1 amide bonds. The van der Waals surface area contributed by atoms with Crippen LogP contribution < -0.4 is 5.32 Å². The number of rotatable bonds is 6. The Labute approximate surface area is 147 Å². The van der Waals surface area contributed by atoms with Crippen molar-refractivity contribution in [3.05, 3.63) is 35.5 Å². The number of carbonyl (C=O) groups excluding carboxylic acids is 1. The Balaban J connectivity index is 1.50. The van der Waals surface area contributed by atoms with Gasteiger partial charge < -0.3 is 14.7 Å². The number of hydrogen-bond acceptors (Lipinski definition) is 5. The van der Waals surface area contributed by atoms with Gasteiger partial charge in [-0.3, -0.25) is 9.48 Å². The number of carbonyl (C=O) groups is 1. The normalized spacial score (nSPS) is 24.1. The summed E-state index contributed by atoms with van der Waals surface area (Å²) in [6.45, 7) is 3.55. The predicted octanol–water partition coefficient (Wildman–Crippen LogP) is 1.95. The highest BCUT2D eigenvalue weighted by molar-refractivity contribution is 5.78. The fourth-order valence-corrected chi connectivity index (χ4v) is 3.88. The largest absolute Gasteiger partial charge is 0.364 e. The molecule has 25 heavy (non-hydrogen) atoms. The Morgan fingerprint density at radius 2 is 2.20 bits per heavy atom. The topological polar surface area (TPSA) is 76.2 Å². The molecule has 0 unspecified atom stereocenters. The van der Waals surface area contributed by atoms with E-state index >= 15 is 0 Å². The Morgan fingerprint density at radius 1 is 1.36 bits per heavy atom. The zero-order valence-electron chi connectivity index (χ0n) is 14.8. The van der Waals surface area contributed by atoms with Crippen molar-refractivity contribution in [3.63, 3.8) is 0 Å². The van der Waals surface area contributed by atoms with Crippen LogP contribution in [0.1, 0.15) is 48.5 Å². The average Bonchev–Trinajstić information content (AvgIpc) is 3.21. The van der Waals surface area contributed by atoms with E-state index in [4.69, 9.17) is 4.52 Å². The number of amides is 1. The van der Waals surface area contributed by atoms with Gasteiger partial charge in [-0.05, 0) is 32.1 Å². The summed E-state index contributed by atoms with van der Waals surface area (Å²) < 4.78 is 6.82. The molecule has 2 fully saturated rings. The van der Waals surface area contributed by atoms with Crippen LogP contribution in [0.3, 0.4) is 0 Å². The Morgan fingerprint density at radius 3 is 2.84 bits per heavy atom. The maximum absolute atomic E-state index is 12.6. The van der Waals surface area contributed by atoms with Crippen molar-refractivity contribution in [1.29, 1.82) is 0 Å². The molecule has 4 rings (SSSR count). The molecule has 2 atom stereocenters. The number of likely N-dealkylation sites (tertiary alicyclic amines) is 1. The molecular weight excluding hydrogens is 318 g/mol. The molecule has 0 aromatic carbocycles. The van der Waals surface area contributed by atoms with E-state index in [9.17, 15) is 4.79 Å². The van der Waals surface area contributed by atoms with Gasteiger partial charge in [-0.1, -0.05) is 5.16 Å². The first kappa shape index (κ1) is 16.3. The lowest BCUT2D eigenvalue weighted by Crippen LogP contribution is -2.46. The lowest BCUT2D eigenvalue weighted by molar-refractivity contribution is -0.139. The summed E-state index contributed by atoms with van der Waals surface area (Å²) in [6.07, 6.45) is 9.47. The molecule has 1 aliphatic carbocycles. The monoisotopic (exact) mass is 343 g/mol. The molecule has 2 aromatic rings. The van der Waals surface area contributed by atoms with Crippen molar-refractivity contribution in [2.45, 2.75) is 51.2 Å². The minimum absolute atomic E-state index is 0.124. The summed E-state index contributed by atoms with van der Waals surface area (Å²) >= 11 is 0. The summed E-state index contributed by atoms with van der Waals surface area (Å²) in [5.41, 5.74) is 3.16. The van der Waals surface area contributed by atoms with Gasteiger partial charge in [0.1, 0.15) is 6.26 Å². The third-order valence-corrected chi connectivity index (χ3v) is 5.34. The fourth-order valence-electron chi connectivity index (χ4n) is 3.88. The highest BCUT2D eigenvalue weighted by atomic mass is 16.5. The van der Waals surface area contributed by atoms with E-state index in [1.165, 1.54) is 0 Å². The van der Waals surface area contributed by atoms with E-state index in [1.54, 1.807) is 6.26 Å². The lowest BCUT2D eigenvalue weighted by atomic mass is 9.85. The first-order valence-electron chi connectivity index (χ1n) is 9.03. The van der Waals surface area contributed by atoms with Crippen LogP contribution in [0.25, 0.3) is 0 Å². The van der Waals surface area contributed by atoms with Crippen molar-refractivity contribution < 1.29 is 9.32 Å². The lowest BCUT2D eigenvalue weighted by Gasteiger charge is -2.41. The first-order valence-corrected chi connectivity index (χ1v) is 9.03. The maximum atomic E-state index is 12.6.